The normalized spacial score (nSPS) is 21.5. The van der Waals surface area contributed by atoms with Crippen LogP contribution >= 0.6 is 0 Å². The summed E-state index contributed by atoms with van der Waals surface area (Å²) >= 11 is 0. The van der Waals surface area contributed by atoms with Crippen molar-refractivity contribution in [1.29, 1.82) is 0 Å². The molecule has 2 unspecified atom stereocenters. The van der Waals surface area contributed by atoms with Gasteiger partial charge in [-0.15, -0.1) is 0 Å². The van der Waals surface area contributed by atoms with E-state index in [1.807, 2.05) is 6.08 Å². The number of carbonyl (C=O) groups excluding carboxylic acids is 3. The summed E-state index contributed by atoms with van der Waals surface area (Å²) in [6.45, 7) is 9.00. The fourth-order valence-electron chi connectivity index (χ4n) is 5.08. The van der Waals surface area contributed by atoms with Crippen LogP contribution in [0.1, 0.15) is 52.1 Å². The van der Waals surface area contributed by atoms with Crippen LogP contribution in [0.2, 0.25) is 0 Å². The van der Waals surface area contributed by atoms with Crippen LogP contribution in [0.4, 0.5) is 15.3 Å². The lowest BCUT2D eigenvalue weighted by molar-refractivity contribution is -0.384. The molecule has 1 aromatic rings. The molecule has 11 heteroatoms. The number of hydrogen-bond acceptors (Lipinski definition) is 6. The minimum Gasteiger partial charge on any atom is -0.459 e. The molecule has 1 aliphatic carbocycles. The van der Waals surface area contributed by atoms with Gasteiger partial charge in [-0.1, -0.05) is 31.2 Å². The van der Waals surface area contributed by atoms with E-state index in [4.69, 9.17) is 4.74 Å². The number of non-ortho nitro benzene ring substituents is 1. The first-order valence-electron chi connectivity index (χ1n) is 13.2. The first-order valence-corrected chi connectivity index (χ1v) is 13.2. The van der Waals surface area contributed by atoms with Gasteiger partial charge in [-0.25, -0.2) is 14.4 Å². The largest absolute Gasteiger partial charge is 0.459 e. The minimum atomic E-state index is -0.879. The van der Waals surface area contributed by atoms with E-state index in [0.717, 1.165) is 12.1 Å². The number of benzene rings is 1. The van der Waals surface area contributed by atoms with Crippen LogP contribution in [0.3, 0.4) is 0 Å². The molecule has 4 rings (SSSR count). The van der Waals surface area contributed by atoms with Crippen molar-refractivity contribution in [2.45, 2.75) is 52.7 Å². The number of carbonyl (C=O) groups is 3. The Morgan fingerprint density at radius 3 is 2.67 bits per heavy atom. The number of nitro benzene ring substituents is 1. The highest BCUT2D eigenvalue weighted by Gasteiger charge is 2.39. The molecule has 0 spiro atoms. The van der Waals surface area contributed by atoms with Crippen molar-refractivity contribution in [3.8, 4) is 0 Å². The molecule has 39 heavy (non-hydrogen) atoms. The number of amides is 4. The maximum atomic E-state index is 13.2. The number of urea groups is 2. The van der Waals surface area contributed by atoms with E-state index in [1.54, 1.807) is 36.6 Å². The van der Waals surface area contributed by atoms with Crippen molar-refractivity contribution in [1.82, 2.24) is 20.0 Å². The van der Waals surface area contributed by atoms with Crippen molar-refractivity contribution in [3.05, 3.63) is 75.1 Å². The Kier molecular flexibility index (Phi) is 8.37. The molecule has 0 bridgehead atoms. The smallest absolute Gasteiger partial charge is 0.338 e. The highest BCUT2D eigenvalue weighted by atomic mass is 16.6. The van der Waals surface area contributed by atoms with E-state index < -0.39 is 29.1 Å². The van der Waals surface area contributed by atoms with Gasteiger partial charge in [0.15, 0.2) is 0 Å². The third-order valence-electron chi connectivity index (χ3n) is 7.03. The summed E-state index contributed by atoms with van der Waals surface area (Å²) in [6, 6.07) is 4.55. The lowest BCUT2D eigenvalue weighted by Crippen LogP contribution is -2.49. The Bertz CT molecular complexity index is 1250. The summed E-state index contributed by atoms with van der Waals surface area (Å²) in [4.78, 5) is 55.3. The molecule has 1 N–H and O–H groups in total. The zero-order chi connectivity index (χ0) is 28.3. The van der Waals surface area contributed by atoms with E-state index >= 15 is 0 Å². The fourth-order valence-corrected chi connectivity index (χ4v) is 5.08. The molecule has 1 fully saturated rings. The summed E-state index contributed by atoms with van der Waals surface area (Å²) < 4.78 is 5.47. The van der Waals surface area contributed by atoms with Crippen LogP contribution in [-0.2, 0) is 9.53 Å². The van der Waals surface area contributed by atoms with Crippen LogP contribution in [-0.4, -0.2) is 69.9 Å². The highest BCUT2D eigenvalue weighted by molar-refractivity contribution is 5.95. The van der Waals surface area contributed by atoms with Crippen LogP contribution in [0.25, 0.3) is 0 Å². The molecule has 0 radical (unpaired) electrons. The summed E-state index contributed by atoms with van der Waals surface area (Å²) in [6.07, 6.45) is 7.13. The topological polar surface area (TPSA) is 125 Å². The molecular formula is C28H35N5O6. The number of allylic oxidation sites excluding steroid dienone is 4. The predicted molar refractivity (Wildman–Crippen MR) is 144 cm³/mol. The highest BCUT2D eigenvalue weighted by Crippen LogP contribution is 2.36. The van der Waals surface area contributed by atoms with Crippen LogP contribution in [0.15, 0.2) is 59.5 Å². The lowest BCUT2D eigenvalue weighted by Gasteiger charge is -2.38. The Morgan fingerprint density at radius 2 is 2.00 bits per heavy atom. The summed E-state index contributed by atoms with van der Waals surface area (Å²) in [7, 11) is 0. The summed E-state index contributed by atoms with van der Waals surface area (Å²) in [5, 5.41) is 14.2. The maximum Gasteiger partial charge on any atom is 0.338 e. The number of nitrogens with zero attached hydrogens (tertiary/aromatic N) is 4. The SMILES string of the molecule is CC1=C(C(=O)OC(C)C)C(c2cccc([N+](=O)[O-])c2)N(CCCN2CCN(C3=CCC(C)C=C3)C2=O)C(=O)N1. The zero-order valence-corrected chi connectivity index (χ0v) is 22.8. The molecule has 2 heterocycles. The van der Waals surface area contributed by atoms with Gasteiger partial charge in [0, 0.05) is 49.7 Å². The molecule has 0 saturated carbocycles. The van der Waals surface area contributed by atoms with E-state index in [-0.39, 0.29) is 23.8 Å². The van der Waals surface area contributed by atoms with Crippen molar-refractivity contribution < 1.29 is 24.0 Å². The molecule has 4 amide bonds. The number of hydrogen-bond donors (Lipinski definition) is 1. The Morgan fingerprint density at radius 1 is 1.23 bits per heavy atom. The van der Waals surface area contributed by atoms with E-state index in [0.29, 0.717) is 43.2 Å². The number of esters is 1. The van der Waals surface area contributed by atoms with Crippen LogP contribution in [0, 0.1) is 16.0 Å². The van der Waals surface area contributed by atoms with Gasteiger partial charge in [-0.2, -0.15) is 0 Å². The average molecular weight is 538 g/mol. The zero-order valence-electron chi connectivity index (χ0n) is 22.8. The summed E-state index contributed by atoms with van der Waals surface area (Å²) in [5.74, 6) is -0.143. The first kappa shape index (κ1) is 27.9. The molecule has 1 saturated heterocycles. The van der Waals surface area contributed by atoms with E-state index in [2.05, 4.69) is 24.4 Å². The average Bonchev–Trinajstić information content (AvgIpc) is 3.25. The van der Waals surface area contributed by atoms with Crippen LogP contribution in [0.5, 0.6) is 0 Å². The van der Waals surface area contributed by atoms with Gasteiger partial charge in [0.1, 0.15) is 0 Å². The molecule has 2 aliphatic heterocycles. The predicted octanol–water partition coefficient (Wildman–Crippen LogP) is 4.49. The van der Waals surface area contributed by atoms with Gasteiger partial charge in [0.05, 0.1) is 22.6 Å². The van der Waals surface area contributed by atoms with Gasteiger partial charge in [-0.05, 0) is 51.2 Å². The van der Waals surface area contributed by atoms with Gasteiger partial charge >= 0.3 is 18.0 Å². The monoisotopic (exact) mass is 537 g/mol. The van der Waals surface area contributed by atoms with Crippen molar-refractivity contribution in [3.63, 3.8) is 0 Å². The number of nitro groups is 1. The Labute approximate surface area is 227 Å². The van der Waals surface area contributed by atoms with E-state index in [1.165, 1.54) is 23.1 Å². The third-order valence-corrected chi connectivity index (χ3v) is 7.03. The van der Waals surface area contributed by atoms with Gasteiger partial charge in [0.25, 0.3) is 5.69 Å². The number of nitrogens with one attached hydrogen (secondary N) is 1. The number of rotatable bonds is 9. The van der Waals surface area contributed by atoms with Crippen molar-refractivity contribution in [2.75, 3.05) is 26.2 Å². The quantitative estimate of drug-likeness (QED) is 0.281. The second kappa shape index (κ2) is 11.7. The fraction of sp³-hybridized carbons (Fsp3) is 0.464. The number of ether oxygens (including phenoxy) is 1. The van der Waals surface area contributed by atoms with Gasteiger partial charge in [-0.3, -0.25) is 15.0 Å². The Hall–Kier alpha value is -4.15. The molecule has 3 aliphatic rings. The van der Waals surface area contributed by atoms with Crippen molar-refractivity contribution >= 4 is 23.7 Å². The molecule has 0 aromatic heterocycles. The molecule has 208 valence electrons. The Balaban J connectivity index is 1.53. The third kappa shape index (κ3) is 6.13. The summed E-state index contributed by atoms with van der Waals surface area (Å²) in [5.41, 5.74) is 1.76. The lowest BCUT2D eigenvalue weighted by atomic mass is 9.93. The molecular weight excluding hydrogens is 502 g/mol. The second-order valence-electron chi connectivity index (χ2n) is 10.3. The molecule has 1 aromatic carbocycles. The van der Waals surface area contributed by atoms with E-state index in [9.17, 15) is 24.5 Å². The second-order valence-corrected chi connectivity index (χ2v) is 10.3. The van der Waals surface area contributed by atoms with Crippen molar-refractivity contribution in [2.24, 2.45) is 5.92 Å². The van der Waals surface area contributed by atoms with Gasteiger partial charge in [0.2, 0.25) is 0 Å². The minimum absolute atomic E-state index is 0.0734. The standard InChI is InChI=1S/C28H35N5O6/c1-18(2)39-26(34)24-20(4)29-27(35)32(25(24)21-7-5-8-23(17-21)33(37)38)14-6-13-30-15-16-31(28(30)36)22-11-9-19(3)10-12-22/h5,7-9,11-12,17-19,25H,6,10,13-16H2,1-4H3,(H,29,35). The maximum absolute atomic E-state index is 13.2. The molecule has 11 nitrogen and oxygen atoms in total. The molecule has 2 atom stereocenters. The first-order chi connectivity index (χ1) is 18.6. The van der Waals surface area contributed by atoms with Gasteiger partial charge < -0.3 is 19.9 Å². The van der Waals surface area contributed by atoms with Crippen LogP contribution < -0.4 is 5.32 Å².